The van der Waals surface area contributed by atoms with Crippen LogP contribution in [0.3, 0.4) is 0 Å². The molecular weight excluding hydrogens is 757 g/mol. The maximum atomic E-state index is 12.7. The summed E-state index contributed by atoms with van der Waals surface area (Å²) in [7, 11) is 0. The molecule has 1 aliphatic carbocycles. The Bertz CT molecular complexity index is 2150. The Morgan fingerprint density at radius 1 is 0.483 bits per heavy atom. The minimum absolute atomic E-state index is 0.257. The summed E-state index contributed by atoms with van der Waals surface area (Å²) in [5, 5.41) is 78.1. The molecule has 0 aromatic rings. The van der Waals surface area contributed by atoms with Crippen LogP contribution in [0.4, 0.5) is 0 Å². The van der Waals surface area contributed by atoms with Crippen LogP contribution in [0.25, 0.3) is 0 Å². The van der Waals surface area contributed by atoms with E-state index in [4.69, 9.17) is 0 Å². The van der Waals surface area contributed by atoms with Gasteiger partial charge in [-0.3, -0.25) is 4.79 Å². The number of unbranched alkanes of at least 4 members (excludes halogenated alkanes) is 11. The van der Waals surface area contributed by atoms with E-state index in [1.165, 1.54) is 44.9 Å². The molecule has 0 heterocycles. The first-order chi connectivity index (χ1) is 29.1. The van der Waals surface area contributed by atoms with Crippen molar-refractivity contribution in [2.24, 2.45) is 0 Å². The Kier molecular flexibility index (Phi) is 30.2. The molecule has 1 fully saturated rings. The zero-order chi connectivity index (χ0) is 44.1. The Morgan fingerprint density at radius 2 is 0.817 bits per heavy atom. The van der Waals surface area contributed by atoms with E-state index in [9.17, 15) is 40.5 Å². The maximum absolute atomic E-state index is 12.7. The van der Waals surface area contributed by atoms with Crippen LogP contribution in [-0.2, 0) is 4.79 Å². The summed E-state index contributed by atoms with van der Waals surface area (Å²) < 4.78 is 0. The monoisotopic (exact) mass is 808 g/mol. The lowest BCUT2D eigenvalue weighted by Gasteiger charge is -2.43. The highest BCUT2D eigenvalue weighted by molar-refractivity contribution is 5.94. The van der Waals surface area contributed by atoms with Crippen LogP contribution >= 0.6 is 0 Å². The Labute approximate surface area is 356 Å². The van der Waals surface area contributed by atoms with Crippen LogP contribution in [0.5, 0.6) is 0 Å². The van der Waals surface area contributed by atoms with E-state index in [1.54, 1.807) is 6.92 Å². The van der Waals surface area contributed by atoms with Gasteiger partial charge in [-0.05, 0) is 108 Å². The minimum Gasteiger partial charge on any atom is -0.390 e. The van der Waals surface area contributed by atoms with E-state index in [0.717, 1.165) is 25.7 Å². The summed E-state index contributed by atoms with van der Waals surface area (Å²) in [4.78, 5) is 12.7. The van der Waals surface area contributed by atoms with E-state index < -0.39 is 60.7 Å². The van der Waals surface area contributed by atoms with Crippen molar-refractivity contribution in [2.75, 3.05) is 6.54 Å². The van der Waals surface area contributed by atoms with Crippen LogP contribution in [0, 0.1) is 142 Å². The lowest BCUT2D eigenvalue weighted by atomic mass is 9.83. The van der Waals surface area contributed by atoms with E-state index in [2.05, 4.69) is 160 Å². The van der Waals surface area contributed by atoms with Gasteiger partial charge in [0.2, 0.25) is 0 Å². The van der Waals surface area contributed by atoms with Gasteiger partial charge in [0.05, 0.1) is 18.2 Å². The molecule has 1 saturated carbocycles. The largest absolute Gasteiger partial charge is 0.390 e. The smallest absolute Gasteiger partial charge is 0.297 e. The zero-order valence-corrected chi connectivity index (χ0v) is 34.1. The van der Waals surface area contributed by atoms with Gasteiger partial charge in [-0.1, -0.05) is 89.9 Å². The molecule has 1 rings (SSSR count). The summed E-state index contributed by atoms with van der Waals surface area (Å²) in [6.45, 7) is 3.57. The number of carbonyl (C=O) groups is 1. The van der Waals surface area contributed by atoms with Gasteiger partial charge in [0.15, 0.2) is 0 Å². The first-order valence-corrected chi connectivity index (χ1v) is 19.9. The third-order valence-corrected chi connectivity index (χ3v) is 8.80. The second-order valence-electron chi connectivity index (χ2n) is 13.3. The average Bonchev–Trinajstić information content (AvgIpc) is 3.24. The van der Waals surface area contributed by atoms with E-state index in [1.807, 2.05) is 0 Å². The predicted octanol–water partition coefficient (Wildman–Crippen LogP) is 0.121. The number of hydrogen-bond acceptors (Lipinski definition) is 9. The van der Waals surface area contributed by atoms with Gasteiger partial charge in [-0.15, -0.1) is 0 Å². The molecule has 0 spiro atoms. The third-order valence-electron chi connectivity index (χ3n) is 8.80. The fourth-order valence-electron chi connectivity index (χ4n) is 5.61. The number of nitrogens with one attached hydrogen (secondary N) is 2. The first-order valence-electron chi connectivity index (χ1n) is 19.9. The molecule has 10 nitrogen and oxygen atoms in total. The van der Waals surface area contributed by atoms with Gasteiger partial charge >= 0.3 is 0 Å². The number of aliphatic hydroxyl groups is 7. The molecule has 9 N–H and O–H groups in total. The molecule has 1 aliphatic rings. The van der Waals surface area contributed by atoms with Crippen molar-refractivity contribution in [1.29, 1.82) is 0 Å². The third kappa shape index (κ3) is 24.6. The molecule has 0 saturated heterocycles. The average molecular weight is 809 g/mol. The predicted molar refractivity (Wildman–Crippen MR) is 230 cm³/mol. The van der Waals surface area contributed by atoms with Crippen LogP contribution in [0.1, 0.15) is 97.3 Å². The van der Waals surface area contributed by atoms with Gasteiger partial charge in [0.25, 0.3) is 5.91 Å². The highest BCUT2D eigenvalue weighted by Gasteiger charge is 2.48. The van der Waals surface area contributed by atoms with Crippen molar-refractivity contribution >= 4 is 5.91 Å². The number of carbonyl (C=O) groups excluding carboxylic acids is 1. The number of hydrogen-bond donors (Lipinski definition) is 9. The fraction of sp³-hybridized carbons (Fsp3) is 0.500. The number of amides is 1. The van der Waals surface area contributed by atoms with Gasteiger partial charge in [-0.25, -0.2) is 0 Å². The normalized spacial score (nSPS) is 19.0. The molecule has 0 aromatic carbocycles. The number of aliphatic hydroxyl groups excluding tert-OH is 7. The molecule has 0 unspecified atom stereocenters. The topological polar surface area (TPSA) is 183 Å². The van der Waals surface area contributed by atoms with Crippen molar-refractivity contribution in [2.45, 2.75) is 152 Å². The van der Waals surface area contributed by atoms with Gasteiger partial charge in [0.1, 0.15) is 36.6 Å². The second-order valence-corrected chi connectivity index (χ2v) is 13.3. The molecule has 10 heteroatoms. The Hall–Kier alpha value is -6.13. The van der Waals surface area contributed by atoms with Crippen LogP contribution in [-0.4, -0.2) is 103 Å². The summed E-state index contributed by atoms with van der Waals surface area (Å²) >= 11 is 0. The standard InChI is InChI=1S/C50H52N2O8/c1-3-5-7-9-11-13-15-17-18-19-20-21-22-23-24-25-26-27-29-31-33-35-37-39-43(54)52-41(40-51-44-46(56)48(58)50(60)49(59)47(44)57)45(55)42(53)38-36-34-32-30-28-16-14-12-10-8-6-4-2/h41-42,44-51,53,55-60H,4,6,8,10,12,14,16,28,30,32,34,36,38,40H2,1-2H3,(H,52,54)/t41-,42+,44-,45-,46-,47-,48-,49+,50+/m0/s1. The first kappa shape index (κ1) is 51.9. The van der Waals surface area contributed by atoms with Gasteiger partial charge < -0.3 is 46.4 Å². The quantitative estimate of drug-likeness (QED) is 0.0647. The molecule has 0 radical (unpaired) electrons. The molecule has 0 aromatic heterocycles. The van der Waals surface area contributed by atoms with E-state index in [-0.39, 0.29) is 13.0 Å². The van der Waals surface area contributed by atoms with Gasteiger partial charge in [0, 0.05) is 48.0 Å². The molecular formula is C50H52N2O8. The summed E-state index contributed by atoms with van der Waals surface area (Å²) in [6, 6.07) is -2.52. The van der Waals surface area contributed by atoms with Gasteiger partial charge in [-0.2, -0.15) is 0 Å². The summed E-state index contributed by atoms with van der Waals surface area (Å²) in [5.74, 6) is 58.4. The molecule has 0 aliphatic heterocycles. The van der Waals surface area contributed by atoms with Crippen molar-refractivity contribution in [3.63, 3.8) is 0 Å². The summed E-state index contributed by atoms with van der Waals surface area (Å²) in [6.07, 6.45) is 2.45. The van der Waals surface area contributed by atoms with E-state index in [0.29, 0.717) is 6.42 Å². The van der Waals surface area contributed by atoms with Crippen LogP contribution < -0.4 is 10.6 Å². The Morgan fingerprint density at radius 3 is 1.20 bits per heavy atom. The minimum atomic E-state index is -1.79. The molecule has 1 amide bonds. The molecule has 0 bridgehead atoms. The Balaban J connectivity index is 2.75. The second kappa shape index (κ2) is 34.9. The van der Waals surface area contributed by atoms with Crippen molar-refractivity contribution in [3.8, 4) is 142 Å². The van der Waals surface area contributed by atoms with Crippen molar-refractivity contribution in [1.82, 2.24) is 10.6 Å². The molecule has 60 heavy (non-hydrogen) atoms. The fourth-order valence-corrected chi connectivity index (χ4v) is 5.61. The SMILES string of the molecule is CC#CC#CC#CC#CC#CC#CC#CC#CC#CC#CC#CC#CC(=O)N[C@@H](CN[C@H]1[C@H](O)[C@H](O)[C@@H](O)[C@H](O)[C@H]1O)[C@H](O)[C@H](O)CCCCCCCCCCCCCC. The molecule has 9 atom stereocenters. The highest BCUT2D eigenvalue weighted by Crippen LogP contribution is 2.22. The van der Waals surface area contributed by atoms with Crippen LogP contribution in [0.15, 0.2) is 0 Å². The number of rotatable bonds is 19. The lowest BCUT2D eigenvalue weighted by Crippen LogP contribution is -2.69. The van der Waals surface area contributed by atoms with Crippen LogP contribution in [0.2, 0.25) is 0 Å². The maximum Gasteiger partial charge on any atom is 0.297 e. The highest BCUT2D eigenvalue weighted by atomic mass is 16.4. The molecule has 310 valence electrons. The zero-order valence-electron chi connectivity index (χ0n) is 34.1. The summed E-state index contributed by atoms with van der Waals surface area (Å²) in [5.41, 5.74) is 0. The van der Waals surface area contributed by atoms with Crippen molar-refractivity contribution < 1.29 is 40.5 Å². The van der Waals surface area contributed by atoms with Crippen molar-refractivity contribution in [3.05, 3.63) is 0 Å². The lowest BCUT2D eigenvalue weighted by molar-refractivity contribution is -0.190. The van der Waals surface area contributed by atoms with E-state index >= 15 is 0 Å².